The second kappa shape index (κ2) is 8.39. The normalized spacial score (nSPS) is 12.2. The van der Waals surface area contributed by atoms with Crippen molar-refractivity contribution in [3.05, 3.63) is 50.6 Å². The third-order valence-corrected chi connectivity index (χ3v) is 6.80. The minimum Gasteiger partial charge on any atom is -0.325 e. The van der Waals surface area contributed by atoms with Crippen molar-refractivity contribution in [2.75, 3.05) is 5.32 Å². The zero-order valence-corrected chi connectivity index (χ0v) is 18.6. The number of amides is 1. The van der Waals surface area contributed by atoms with Gasteiger partial charge in [0.2, 0.25) is 5.91 Å². The van der Waals surface area contributed by atoms with Crippen molar-refractivity contribution in [3.63, 3.8) is 0 Å². The average molecular weight is 427 g/mol. The van der Waals surface area contributed by atoms with E-state index in [-0.39, 0.29) is 17.5 Å². The number of rotatable bonds is 5. The fraction of sp³-hybridized carbons (Fsp3) is 0.333. The Kier molecular flexibility index (Phi) is 6.10. The van der Waals surface area contributed by atoms with E-state index in [9.17, 15) is 9.59 Å². The summed E-state index contributed by atoms with van der Waals surface area (Å²) in [6.45, 7) is 9.58. The Morgan fingerprint density at radius 2 is 2.03 bits per heavy atom. The van der Waals surface area contributed by atoms with Gasteiger partial charge in [0.05, 0.1) is 22.3 Å². The first kappa shape index (κ1) is 21.1. The summed E-state index contributed by atoms with van der Waals surface area (Å²) in [7, 11) is 0. The molecule has 2 aromatic heterocycles. The number of carbonyl (C=O) groups excluding carboxylic acids is 1. The first-order valence-electron chi connectivity index (χ1n) is 9.22. The third-order valence-electron chi connectivity index (χ3n) is 4.63. The lowest BCUT2D eigenvalue weighted by Crippen LogP contribution is -2.28. The number of nitrogens with one attached hydrogen (secondary N) is 1. The van der Waals surface area contributed by atoms with Crippen molar-refractivity contribution < 1.29 is 4.79 Å². The first-order valence-corrected chi connectivity index (χ1v) is 10.9. The summed E-state index contributed by atoms with van der Waals surface area (Å²) in [4.78, 5) is 32.3. The molecule has 0 radical (unpaired) electrons. The van der Waals surface area contributed by atoms with Gasteiger partial charge in [-0.15, -0.1) is 11.3 Å². The van der Waals surface area contributed by atoms with Gasteiger partial charge in [-0.1, -0.05) is 17.8 Å². The molecule has 0 saturated heterocycles. The van der Waals surface area contributed by atoms with Gasteiger partial charge < -0.3 is 5.32 Å². The molecule has 2 heterocycles. The molecule has 0 fully saturated rings. The molecule has 0 aliphatic carbocycles. The van der Waals surface area contributed by atoms with Crippen molar-refractivity contribution in [1.82, 2.24) is 9.55 Å². The highest BCUT2D eigenvalue weighted by Gasteiger charge is 2.22. The molecule has 0 aliphatic rings. The Hall–Kier alpha value is -2.63. The number of aromatic nitrogens is 2. The number of hydrogen-bond donors (Lipinski definition) is 1. The van der Waals surface area contributed by atoms with Crippen LogP contribution in [0, 0.1) is 25.2 Å². The smallest absolute Gasteiger partial charge is 0.263 e. The molecule has 1 aromatic carbocycles. The maximum absolute atomic E-state index is 13.1. The number of thioether (sulfide) groups is 1. The van der Waals surface area contributed by atoms with Crippen LogP contribution in [0.5, 0.6) is 0 Å². The van der Waals surface area contributed by atoms with Crippen LogP contribution in [0.25, 0.3) is 10.2 Å². The van der Waals surface area contributed by atoms with Crippen LogP contribution < -0.4 is 10.9 Å². The molecule has 3 rings (SSSR count). The monoisotopic (exact) mass is 426 g/mol. The van der Waals surface area contributed by atoms with E-state index in [0.29, 0.717) is 26.6 Å². The van der Waals surface area contributed by atoms with Crippen molar-refractivity contribution in [2.45, 2.75) is 51.1 Å². The minimum absolute atomic E-state index is 0.0660. The molecule has 1 amide bonds. The Bertz CT molecular complexity index is 1190. The first-order chi connectivity index (χ1) is 13.7. The van der Waals surface area contributed by atoms with Crippen molar-refractivity contribution in [3.8, 4) is 6.07 Å². The Morgan fingerprint density at radius 3 is 2.69 bits per heavy atom. The van der Waals surface area contributed by atoms with Crippen molar-refractivity contribution in [2.24, 2.45) is 0 Å². The van der Waals surface area contributed by atoms with E-state index in [2.05, 4.69) is 11.4 Å². The Labute approximate surface area is 177 Å². The molecule has 29 heavy (non-hydrogen) atoms. The van der Waals surface area contributed by atoms with Crippen LogP contribution in [-0.2, 0) is 4.79 Å². The number of hydrogen-bond acceptors (Lipinski definition) is 6. The summed E-state index contributed by atoms with van der Waals surface area (Å²) in [6.07, 6.45) is 0. The van der Waals surface area contributed by atoms with Crippen LogP contribution in [-0.4, -0.2) is 20.7 Å². The van der Waals surface area contributed by atoms with Gasteiger partial charge >= 0.3 is 0 Å². The van der Waals surface area contributed by atoms with E-state index >= 15 is 0 Å². The number of nitriles is 1. The largest absolute Gasteiger partial charge is 0.325 e. The Morgan fingerprint density at radius 1 is 1.31 bits per heavy atom. The molecule has 6 nitrogen and oxygen atoms in total. The second-order valence-electron chi connectivity index (χ2n) is 7.07. The minimum atomic E-state index is -0.475. The van der Waals surface area contributed by atoms with E-state index in [0.717, 1.165) is 10.4 Å². The maximum Gasteiger partial charge on any atom is 0.263 e. The predicted molar refractivity (Wildman–Crippen MR) is 119 cm³/mol. The molecule has 1 N–H and O–H groups in total. The molecule has 150 valence electrons. The quantitative estimate of drug-likeness (QED) is 0.474. The zero-order chi connectivity index (χ0) is 21.3. The van der Waals surface area contributed by atoms with Gasteiger partial charge in [-0.2, -0.15) is 5.26 Å². The number of fused-ring (bicyclic) bond motifs is 1. The average Bonchev–Trinajstić information content (AvgIpc) is 2.95. The van der Waals surface area contributed by atoms with Crippen molar-refractivity contribution >= 4 is 44.9 Å². The van der Waals surface area contributed by atoms with Crippen LogP contribution in [0.15, 0.2) is 34.2 Å². The molecule has 8 heteroatoms. The number of benzene rings is 1. The predicted octanol–water partition coefficient (Wildman–Crippen LogP) is 4.65. The molecule has 0 saturated carbocycles. The van der Waals surface area contributed by atoms with Crippen LogP contribution in [0.1, 0.15) is 42.8 Å². The highest BCUT2D eigenvalue weighted by atomic mass is 32.2. The molecule has 0 bridgehead atoms. The van der Waals surface area contributed by atoms with Gasteiger partial charge in [-0.3, -0.25) is 14.2 Å². The van der Waals surface area contributed by atoms with Gasteiger partial charge in [0.1, 0.15) is 4.83 Å². The summed E-state index contributed by atoms with van der Waals surface area (Å²) in [6, 6.07) is 8.74. The molecular formula is C21H22N4O2S2. The fourth-order valence-electron chi connectivity index (χ4n) is 2.95. The lowest BCUT2D eigenvalue weighted by Gasteiger charge is -2.18. The number of thiophene rings is 1. The van der Waals surface area contributed by atoms with Crippen LogP contribution in [0.2, 0.25) is 0 Å². The molecule has 0 aliphatic heterocycles. The van der Waals surface area contributed by atoms with Gasteiger partial charge in [0.15, 0.2) is 5.16 Å². The van der Waals surface area contributed by atoms with Gasteiger partial charge in [-0.05, 0) is 58.4 Å². The fourth-order valence-corrected chi connectivity index (χ4v) is 5.06. The van der Waals surface area contributed by atoms with Gasteiger partial charge in [0, 0.05) is 16.6 Å². The summed E-state index contributed by atoms with van der Waals surface area (Å²) in [5, 5.41) is 12.6. The second-order valence-corrected chi connectivity index (χ2v) is 9.58. The van der Waals surface area contributed by atoms with Gasteiger partial charge in [-0.25, -0.2) is 4.98 Å². The zero-order valence-electron chi connectivity index (χ0n) is 16.9. The van der Waals surface area contributed by atoms with Crippen molar-refractivity contribution in [1.29, 1.82) is 5.26 Å². The van der Waals surface area contributed by atoms with E-state index in [4.69, 9.17) is 10.2 Å². The summed E-state index contributed by atoms with van der Waals surface area (Å²) >= 11 is 2.76. The summed E-state index contributed by atoms with van der Waals surface area (Å²) < 4.78 is 1.66. The summed E-state index contributed by atoms with van der Waals surface area (Å²) in [5.41, 5.74) is 1.95. The van der Waals surface area contributed by atoms with E-state index in [1.807, 2.05) is 27.7 Å². The molecular weight excluding hydrogens is 404 g/mol. The lowest BCUT2D eigenvalue weighted by molar-refractivity contribution is -0.115. The SMILES string of the molecule is Cc1sc2nc(SC(C)C(=O)Nc3cccc(C#N)c3)n(C(C)C)c(=O)c2c1C. The Balaban J connectivity index is 1.92. The highest BCUT2D eigenvalue weighted by molar-refractivity contribution is 8.00. The highest BCUT2D eigenvalue weighted by Crippen LogP contribution is 2.31. The number of carbonyl (C=O) groups is 1. The lowest BCUT2D eigenvalue weighted by atomic mass is 10.2. The number of anilines is 1. The van der Waals surface area contributed by atoms with Crippen LogP contribution in [0.4, 0.5) is 5.69 Å². The molecule has 1 atom stereocenters. The standard InChI is InChI=1S/C21H22N4O2S2/c1-11(2)25-20(27)17-12(3)13(4)28-19(17)24-21(25)29-14(5)18(26)23-16-8-6-7-15(9-16)10-22/h6-9,11,14H,1-5H3,(H,23,26). The molecule has 0 spiro atoms. The van der Waals surface area contributed by atoms with E-state index < -0.39 is 5.25 Å². The number of nitrogens with zero attached hydrogens (tertiary/aromatic N) is 3. The van der Waals surface area contributed by atoms with Crippen LogP contribution >= 0.6 is 23.1 Å². The maximum atomic E-state index is 13.1. The summed E-state index contributed by atoms with van der Waals surface area (Å²) in [5.74, 6) is -0.215. The van der Waals surface area contributed by atoms with E-state index in [1.165, 1.54) is 23.1 Å². The van der Waals surface area contributed by atoms with Crippen LogP contribution in [0.3, 0.4) is 0 Å². The third kappa shape index (κ3) is 4.21. The van der Waals surface area contributed by atoms with Gasteiger partial charge in [0.25, 0.3) is 5.56 Å². The van der Waals surface area contributed by atoms with E-state index in [1.54, 1.807) is 35.8 Å². The number of aryl methyl sites for hydroxylation is 2. The topological polar surface area (TPSA) is 87.8 Å². The molecule has 3 aromatic rings. The molecule has 1 unspecified atom stereocenters.